The molecule has 0 saturated heterocycles. The molecule has 2 rings (SSSR count). The molecule has 2 aromatic carbocycles. The minimum Gasteiger partial charge on any atom is -0.396 e. The number of halogens is 5. The predicted molar refractivity (Wildman–Crippen MR) is 72.8 cm³/mol. The Morgan fingerprint density at radius 1 is 1.05 bits per heavy atom. The van der Waals surface area contributed by atoms with Crippen LogP contribution in [0.15, 0.2) is 28.7 Å². The van der Waals surface area contributed by atoms with Gasteiger partial charge in [0.2, 0.25) is 0 Å². The van der Waals surface area contributed by atoms with Gasteiger partial charge in [0.05, 0.1) is 21.4 Å². The van der Waals surface area contributed by atoms with Crippen LogP contribution in [0.3, 0.4) is 0 Å². The second-order valence-electron chi connectivity index (χ2n) is 4.06. The summed E-state index contributed by atoms with van der Waals surface area (Å²) in [6.07, 6.45) is 0. The van der Waals surface area contributed by atoms with Crippen molar-refractivity contribution in [1.82, 2.24) is 0 Å². The standard InChI is InChI=1S/C13H7BrF4N2O/c14-7-3-9(17)11(4-8(7)16)20-13(21)6-1-5(15)2-10(19)12(6)18/h1-4H,19H2,(H,20,21). The number of nitrogens with two attached hydrogens (primary N) is 1. The lowest BCUT2D eigenvalue weighted by Crippen LogP contribution is -2.16. The van der Waals surface area contributed by atoms with Crippen molar-refractivity contribution in [1.29, 1.82) is 0 Å². The predicted octanol–water partition coefficient (Wildman–Crippen LogP) is 3.84. The van der Waals surface area contributed by atoms with E-state index in [-0.39, 0.29) is 4.47 Å². The van der Waals surface area contributed by atoms with Gasteiger partial charge in [-0.05, 0) is 34.1 Å². The molecular formula is C13H7BrF4N2O. The zero-order chi connectivity index (χ0) is 15.7. The zero-order valence-corrected chi connectivity index (χ0v) is 11.8. The van der Waals surface area contributed by atoms with Crippen LogP contribution in [0.1, 0.15) is 10.4 Å². The Morgan fingerprint density at radius 2 is 1.71 bits per heavy atom. The first-order valence-corrected chi connectivity index (χ1v) is 6.29. The third kappa shape index (κ3) is 3.15. The quantitative estimate of drug-likeness (QED) is 0.484. The highest BCUT2D eigenvalue weighted by Gasteiger charge is 2.18. The van der Waals surface area contributed by atoms with Crippen LogP contribution in [0.4, 0.5) is 28.9 Å². The molecule has 3 nitrogen and oxygen atoms in total. The summed E-state index contributed by atoms with van der Waals surface area (Å²) in [6.45, 7) is 0. The topological polar surface area (TPSA) is 55.1 Å². The molecule has 0 fully saturated rings. The van der Waals surface area contributed by atoms with E-state index in [1.807, 2.05) is 5.32 Å². The number of hydrogen-bond donors (Lipinski definition) is 2. The van der Waals surface area contributed by atoms with Gasteiger partial charge in [0.1, 0.15) is 17.5 Å². The van der Waals surface area contributed by atoms with Gasteiger partial charge < -0.3 is 11.1 Å². The average molecular weight is 363 g/mol. The number of nitrogens with one attached hydrogen (secondary N) is 1. The number of carbonyl (C=O) groups is 1. The van der Waals surface area contributed by atoms with Gasteiger partial charge in [0.25, 0.3) is 5.91 Å². The van der Waals surface area contributed by atoms with Gasteiger partial charge in [-0.15, -0.1) is 0 Å². The van der Waals surface area contributed by atoms with Crippen LogP contribution < -0.4 is 11.1 Å². The molecule has 0 aliphatic heterocycles. The molecule has 3 N–H and O–H groups in total. The number of hydrogen-bond acceptors (Lipinski definition) is 2. The molecule has 0 spiro atoms. The van der Waals surface area contributed by atoms with E-state index in [2.05, 4.69) is 15.9 Å². The molecule has 0 atom stereocenters. The summed E-state index contributed by atoms with van der Waals surface area (Å²) in [5, 5.41) is 1.95. The van der Waals surface area contributed by atoms with Crippen LogP contribution in [-0.2, 0) is 0 Å². The lowest BCUT2D eigenvalue weighted by molar-refractivity contribution is 0.102. The molecule has 0 saturated carbocycles. The Morgan fingerprint density at radius 3 is 2.38 bits per heavy atom. The second kappa shape index (κ2) is 5.72. The molecule has 0 aliphatic rings. The molecule has 0 unspecified atom stereocenters. The number of nitrogen functional groups attached to an aromatic ring is 1. The van der Waals surface area contributed by atoms with Crippen LogP contribution in [0.25, 0.3) is 0 Å². The summed E-state index contributed by atoms with van der Waals surface area (Å²) in [4.78, 5) is 11.8. The van der Waals surface area contributed by atoms with E-state index in [1.165, 1.54) is 0 Å². The van der Waals surface area contributed by atoms with E-state index in [4.69, 9.17) is 5.73 Å². The molecule has 0 bridgehead atoms. The molecule has 0 radical (unpaired) electrons. The van der Waals surface area contributed by atoms with Gasteiger partial charge in [-0.3, -0.25) is 4.79 Å². The highest BCUT2D eigenvalue weighted by molar-refractivity contribution is 9.10. The maximum Gasteiger partial charge on any atom is 0.258 e. The van der Waals surface area contributed by atoms with Crippen molar-refractivity contribution in [2.75, 3.05) is 11.1 Å². The molecule has 21 heavy (non-hydrogen) atoms. The molecule has 0 aromatic heterocycles. The van der Waals surface area contributed by atoms with Crippen molar-refractivity contribution in [3.05, 3.63) is 57.6 Å². The highest BCUT2D eigenvalue weighted by atomic mass is 79.9. The Bertz CT molecular complexity index is 737. The SMILES string of the molecule is Nc1cc(F)cc(C(=O)Nc2cc(F)c(Br)cc2F)c1F. The lowest BCUT2D eigenvalue weighted by atomic mass is 10.1. The number of rotatable bonds is 2. The van der Waals surface area contributed by atoms with Crippen molar-refractivity contribution in [3.8, 4) is 0 Å². The second-order valence-corrected chi connectivity index (χ2v) is 4.91. The fraction of sp³-hybridized carbons (Fsp3) is 0. The summed E-state index contributed by atoms with van der Waals surface area (Å²) < 4.78 is 53.5. The maximum atomic E-state index is 13.7. The van der Waals surface area contributed by atoms with Gasteiger partial charge in [-0.1, -0.05) is 0 Å². The maximum absolute atomic E-state index is 13.7. The normalized spacial score (nSPS) is 10.5. The van der Waals surface area contributed by atoms with E-state index in [1.54, 1.807) is 0 Å². The van der Waals surface area contributed by atoms with Gasteiger partial charge in [0.15, 0.2) is 5.82 Å². The molecule has 0 aliphatic carbocycles. The van der Waals surface area contributed by atoms with Crippen LogP contribution in [0, 0.1) is 23.3 Å². The van der Waals surface area contributed by atoms with Crippen LogP contribution in [0.5, 0.6) is 0 Å². The first kappa shape index (κ1) is 15.3. The average Bonchev–Trinajstić information content (AvgIpc) is 2.40. The Kier molecular flexibility index (Phi) is 4.17. The van der Waals surface area contributed by atoms with Gasteiger partial charge in [-0.2, -0.15) is 0 Å². The van der Waals surface area contributed by atoms with Crippen molar-refractivity contribution in [2.45, 2.75) is 0 Å². The van der Waals surface area contributed by atoms with E-state index in [0.29, 0.717) is 18.2 Å². The highest BCUT2D eigenvalue weighted by Crippen LogP contribution is 2.25. The Hall–Kier alpha value is -2.09. The molecule has 0 heterocycles. The Balaban J connectivity index is 2.37. The summed E-state index contributed by atoms with van der Waals surface area (Å²) in [5.74, 6) is -5.00. The monoisotopic (exact) mass is 362 g/mol. The largest absolute Gasteiger partial charge is 0.396 e. The number of amides is 1. The molecule has 8 heteroatoms. The van der Waals surface area contributed by atoms with E-state index >= 15 is 0 Å². The summed E-state index contributed by atoms with van der Waals surface area (Å²) >= 11 is 2.77. The summed E-state index contributed by atoms with van der Waals surface area (Å²) in [6, 6.07) is 2.80. The van der Waals surface area contributed by atoms with Crippen molar-refractivity contribution in [2.24, 2.45) is 0 Å². The van der Waals surface area contributed by atoms with E-state index in [0.717, 1.165) is 6.07 Å². The zero-order valence-electron chi connectivity index (χ0n) is 10.2. The first-order valence-electron chi connectivity index (χ1n) is 5.50. The van der Waals surface area contributed by atoms with Crippen LogP contribution in [0.2, 0.25) is 0 Å². The minimum atomic E-state index is -1.15. The molecule has 2 aromatic rings. The first-order chi connectivity index (χ1) is 9.79. The van der Waals surface area contributed by atoms with Crippen LogP contribution in [-0.4, -0.2) is 5.91 Å². The number of anilines is 2. The number of benzene rings is 2. The van der Waals surface area contributed by atoms with Crippen molar-refractivity contribution in [3.63, 3.8) is 0 Å². The van der Waals surface area contributed by atoms with Crippen molar-refractivity contribution >= 4 is 33.2 Å². The fourth-order valence-corrected chi connectivity index (χ4v) is 1.90. The van der Waals surface area contributed by atoms with Gasteiger partial charge in [0, 0.05) is 6.07 Å². The van der Waals surface area contributed by atoms with E-state index in [9.17, 15) is 22.4 Å². The fourth-order valence-electron chi connectivity index (χ4n) is 1.58. The molecule has 1 amide bonds. The minimum absolute atomic E-state index is 0.140. The molecular weight excluding hydrogens is 356 g/mol. The summed E-state index contributed by atoms with van der Waals surface area (Å²) in [7, 11) is 0. The third-order valence-electron chi connectivity index (χ3n) is 2.57. The van der Waals surface area contributed by atoms with Gasteiger partial charge >= 0.3 is 0 Å². The number of carbonyl (C=O) groups excluding carboxylic acids is 1. The van der Waals surface area contributed by atoms with Crippen molar-refractivity contribution < 1.29 is 22.4 Å². The smallest absolute Gasteiger partial charge is 0.258 e. The molecule has 110 valence electrons. The van der Waals surface area contributed by atoms with Crippen LogP contribution >= 0.6 is 15.9 Å². The Labute approximate surface area is 124 Å². The lowest BCUT2D eigenvalue weighted by Gasteiger charge is -2.09. The van der Waals surface area contributed by atoms with E-state index < -0.39 is 46.1 Å². The van der Waals surface area contributed by atoms with Gasteiger partial charge in [-0.25, -0.2) is 17.6 Å². The third-order valence-corrected chi connectivity index (χ3v) is 3.18. The summed E-state index contributed by atoms with van der Waals surface area (Å²) in [5.41, 5.74) is 3.40.